The summed E-state index contributed by atoms with van der Waals surface area (Å²) in [5.41, 5.74) is -2.06. The lowest BCUT2D eigenvalue weighted by molar-refractivity contribution is 0.00578. The Labute approximate surface area is 125 Å². The van der Waals surface area contributed by atoms with Gasteiger partial charge < -0.3 is 14.3 Å². The fourth-order valence-electron chi connectivity index (χ4n) is 2.05. The van der Waals surface area contributed by atoms with Crippen molar-refractivity contribution in [1.29, 1.82) is 0 Å². The molecule has 0 radical (unpaired) electrons. The summed E-state index contributed by atoms with van der Waals surface area (Å²) in [5.74, 6) is 0. The van der Waals surface area contributed by atoms with Crippen LogP contribution in [0.3, 0.4) is 0 Å². The molecule has 0 aliphatic carbocycles. The van der Waals surface area contributed by atoms with E-state index in [4.69, 9.17) is 16.2 Å². The monoisotopic (exact) mass is 276 g/mol. The number of rotatable bonds is 1. The molecule has 0 spiro atoms. The van der Waals surface area contributed by atoms with E-state index >= 15 is 0 Å². The molecule has 4 nitrogen and oxygen atoms in total. The minimum atomic E-state index is -1.03. The number of nitrogens with one attached hydrogen (secondary N) is 1. The van der Waals surface area contributed by atoms with Gasteiger partial charge in [-0.2, -0.15) is 0 Å². The van der Waals surface area contributed by atoms with Gasteiger partial charge in [-0.25, -0.2) is 0 Å². The number of H-pyrrole nitrogens is 1. The third-order valence-electron chi connectivity index (χ3n) is 3.93. The Bertz CT molecular complexity index is 941. The van der Waals surface area contributed by atoms with Crippen molar-refractivity contribution in [2.75, 3.05) is 0 Å². The van der Waals surface area contributed by atoms with Gasteiger partial charge in [0.15, 0.2) is 0 Å². The molecule has 1 fully saturated rings. The molecule has 0 amide bonds. The first kappa shape index (κ1) is 8.65. The van der Waals surface area contributed by atoms with Gasteiger partial charge in [0.2, 0.25) is 5.56 Å². The van der Waals surface area contributed by atoms with Crippen molar-refractivity contribution in [3.05, 3.63) is 40.6 Å². The fraction of sp³-hybridized carbons (Fsp3) is 0.400. The molecule has 0 atom stereocenters. The second-order valence-electron chi connectivity index (χ2n) is 5.83. The van der Waals surface area contributed by atoms with Gasteiger partial charge in [0, 0.05) is 17.0 Å². The van der Waals surface area contributed by atoms with E-state index in [1.165, 1.54) is 0 Å². The SMILES string of the molecule is [2H]c1c([2H])c([2H])c2c([2H])c([2H])c(=O)[nH]c2c1B1OC(C)(C)C(C)(C)O1. The van der Waals surface area contributed by atoms with Crippen molar-refractivity contribution in [2.45, 2.75) is 38.9 Å². The quantitative estimate of drug-likeness (QED) is 0.808. The molecular weight excluding hydrogens is 253 g/mol. The summed E-state index contributed by atoms with van der Waals surface area (Å²) in [4.78, 5) is 14.4. The highest BCUT2D eigenvalue weighted by molar-refractivity contribution is 6.64. The third-order valence-corrected chi connectivity index (χ3v) is 3.93. The maximum atomic E-state index is 12.0. The van der Waals surface area contributed by atoms with Gasteiger partial charge in [-0.05, 0) is 39.1 Å². The molecule has 20 heavy (non-hydrogen) atoms. The highest BCUT2D eigenvalue weighted by Gasteiger charge is 2.52. The van der Waals surface area contributed by atoms with Crippen LogP contribution >= 0.6 is 0 Å². The molecule has 5 heteroatoms. The van der Waals surface area contributed by atoms with Crippen LogP contribution in [0.25, 0.3) is 10.9 Å². The predicted molar refractivity (Wildman–Crippen MR) is 80.3 cm³/mol. The van der Waals surface area contributed by atoms with Crippen molar-refractivity contribution in [1.82, 2.24) is 4.98 Å². The molecule has 1 aromatic carbocycles. The average Bonchev–Trinajstić information content (AvgIpc) is 2.70. The Hall–Kier alpha value is -1.59. The Morgan fingerprint density at radius 3 is 2.40 bits per heavy atom. The van der Waals surface area contributed by atoms with Crippen LogP contribution in [0.5, 0.6) is 0 Å². The van der Waals surface area contributed by atoms with E-state index in [0.717, 1.165) is 0 Å². The van der Waals surface area contributed by atoms with Crippen LogP contribution < -0.4 is 11.0 Å². The van der Waals surface area contributed by atoms with E-state index < -0.39 is 42.0 Å². The van der Waals surface area contributed by atoms with Crippen molar-refractivity contribution >= 4 is 23.5 Å². The number of benzene rings is 1. The molecular formula is C15H18BNO3. The summed E-state index contributed by atoms with van der Waals surface area (Å²) in [6.45, 7) is 7.33. The summed E-state index contributed by atoms with van der Waals surface area (Å²) >= 11 is 0. The van der Waals surface area contributed by atoms with Gasteiger partial charge in [-0.3, -0.25) is 4.79 Å². The van der Waals surface area contributed by atoms with Crippen LogP contribution in [0.15, 0.2) is 35.0 Å². The van der Waals surface area contributed by atoms with E-state index in [-0.39, 0.29) is 28.5 Å². The Morgan fingerprint density at radius 2 is 1.75 bits per heavy atom. The molecule has 0 bridgehead atoms. The molecule has 2 aromatic rings. The molecule has 1 aliphatic rings. The number of para-hydroxylation sites is 1. The Balaban J connectivity index is 2.39. The molecule has 3 rings (SSSR count). The second-order valence-corrected chi connectivity index (χ2v) is 5.83. The summed E-state index contributed by atoms with van der Waals surface area (Å²) in [6, 6.07) is -2.12. The first-order chi connectivity index (χ1) is 11.4. The van der Waals surface area contributed by atoms with Gasteiger partial charge in [-0.15, -0.1) is 0 Å². The first-order valence-corrected chi connectivity index (χ1v) is 6.37. The van der Waals surface area contributed by atoms with Crippen LogP contribution in [0.2, 0.25) is 0 Å². The van der Waals surface area contributed by atoms with Crippen molar-refractivity contribution < 1.29 is 16.2 Å². The van der Waals surface area contributed by atoms with Crippen molar-refractivity contribution in [3.63, 3.8) is 0 Å². The van der Waals surface area contributed by atoms with E-state index in [0.29, 0.717) is 0 Å². The number of pyridine rings is 1. The average molecular weight is 276 g/mol. The van der Waals surface area contributed by atoms with Gasteiger partial charge in [-0.1, -0.05) is 18.1 Å². The Morgan fingerprint density at radius 1 is 1.10 bits per heavy atom. The van der Waals surface area contributed by atoms with Gasteiger partial charge >= 0.3 is 7.12 Å². The normalized spacial score (nSPS) is 24.0. The van der Waals surface area contributed by atoms with E-state index in [2.05, 4.69) is 4.98 Å². The summed E-state index contributed by atoms with van der Waals surface area (Å²) in [6.07, 6.45) is 0. The number of hydrogen-bond acceptors (Lipinski definition) is 3. The second kappa shape index (κ2) is 4.20. The molecule has 2 heterocycles. The lowest BCUT2D eigenvalue weighted by Crippen LogP contribution is -2.41. The highest BCUT2D eigenvalue weighted by atomic mass is 16.7. The zero-order chi connectivity index (χ0) is 18.9. The Kier molecular flexibility index (Phi) is 1.82. The predicted octanol–water partition coefficient (Wildman–Crippen LogP) is 1.83. The summed E-state index contributed by atoms with van der Waals surface area (Å²) in [5, 5.41) is -0.0599. The maximum absolute atomic E-state index is 12.0. The maximum Gasteiger partial charge on any atom is 0.497 e. The van der Waals surface area contributed by atoms with E-state index in [1.807, 2.05) is 27.7 Å². The fourth-order valence-corrected chi connectivity index (χ4v) is 2.05. The van der Waals surface area contributed by atoms with Gasteiger partial charge in [0.25, 0.3) is 0 Å². The minimum Gasteiger partial charge on any atom is -0.399 e. The topological polar surface area (TPSA) is 51.3 Å². The van der Waals surface area contributed by atoms with Crippen molar-refractivity contribution in [3.8, 4) is 0 Å². The largest absolute Gasteiger partial charge is 0.497 e. The summed E-state index contributed by atoms with van der Waals surface area (Å²) in [7, 11) is -1.03. The third kappa shape index (κ3) is 1.98. The van der Waals surface area contributed by atoms with Crippen LogP contribution in [-0.2, 0) is 9.31 Å². The minimum absolute atomic E-state index is 0.0375. The van der Waals surface area contributed by atoms with Crippen LogP contribution in [0.4, 0.5) is 0 Å². The molecule has 0 unspecified atom stereocenters. The lowest BCUT2D eigenvalue weighted by atomic mass is 9.77. The van der Waals surface area contributed by atoms with Crippen LogP contribution in [-0.4, -0.2) is 23.3 Å². The first-order valence-electron chi connectivity index (χ1n) is 8.87. The zero-order valence-corrected chi connectivity index (χ0v) is 11.8. The number of fused-ring (bicyclic) bond motifs is 1. The van der Waals surface area contributed by atoms with E-state index in [1.54, 1.807) is 0 Å². The molecule has 1 aliphatic heterocycles. The smallest absolute Gasteiger partial charge is 0.399 e. The number of aromatic amines is 1. The number of aromatic nitrogens is 1. The molecule has 1 aromatic heterocycles. The molecule has 1 N–H and O–H groups in total. The molecule has 1 saturated heterocycles. The van der Waals surface area contributed by atoms with Crippen molar-refractivity contribution in [2.24, 2.45) is 0 Å². The van der Waals surface area contributed by atoms with Crippen LogP contribution in [0, 0.1) is 0 Å². The van der Waals surface area contributed by atoms with Gasteiger partial charge in [0.1, 0.15) is 0 Å². The van der Waals surface area contributed by atoms with E-state index in [9.17, 15) is 4.79 Å². The molecule has 0 saturated carbocycles. The van der Waals surface area contributed by atoms with Gasteiger partial charge in [0.05, 0.1) is 18.1 Å². The number of hydrogen-bond donors (Lipinski definition) is 1. The zero-order valence-electron chi connectivity index (χ0n) is 16.8. The molecule has 104 valence electrons. The van der Waals surface area contributed by atoms with Crippen LogP contribution in [0.1, 0.15) is 34.5 Å². The highest BCUT2D eigenvalue weighted by Crippen LogP contribution is 2.36. The summed E-state index contributed by atoms with van der Waals surface area (Å²) < 4.78 is 51.8. The lowest BCUT2D eigenvalue weighted by Gasteiger charge is -2.32. The standard InChI is InChI=1S/C15H18BNO3/c1-14(2)15(3,4)20-16(19-14)11-7-5-6-10-8-9-12(18)17-13(10)11/h5-9H,1-4H3,(H,17,18)/i5D,6D,7D,8D,9D.